The molecule has 1 saturated carbocycles. The number of carbonyl (C=O) groups is 2. The fourth-order valence-electron chi connectivity index (χ4n) is 3.03. The van der Waals surface area contributed by atoms with Gasteiger partial charge in [-0.25, -0.2) is 9.78 Å². The Bertz CT molecular complexity index is 590. The van der Waals surface area contributed by atoms with E-state index in [1.165, 1.54) is 17.2 Å². The van der Waals surface area contributed by atoms with Gasteiger partial charge in [-0.3, -0.25) is 4.90 Å². The van der Waals surface area contributed by atoms with Crippen molar-refractivity contribution in [2.75, 3.05) is 11.4 Å². The zero-order valence-electron chi connectivity index (χ0n) is 12.3. The second-order valence-corrected chi connectivity index (χ2v) is 5.54. The molecule has 1 aromatic rings. The van der Waals surface area contributed by atoms with Crippen LogP contribution in [0.3, 0.4) is 0 Å². The first-order valence-corrected chi connectivity index (χ1v) is 6.83. The number of carbonyl (C=O) groups excluding carboxylic acids is 2. The monoisotopic (exact) mass is 300 g/mol. The predicted molar refractivity (Wildman–Crippen MR) is 67.7 cm³/mol. The van der Waals surface area contributed by atoms with Gasteiger partial charge < -0.3 is 14.6 Å². The van der Waals surface area contributed by atoms with E-state index in [0.717, 1.165) is 0 Å². The first-order chi connectivity index (χ1) is 10.0. The molecule has 0 radical (unpaired) electrons. The number of carboxylic acid groups (broad SMARTS) is 1. The molecule has 1 amide bonds. The van der Waals surface area contributed by atoms with Crippen molar-refractivity contribution in [3.05, 3.63) is 24.3 Å². The van der Waals surface area contributed by atoms with Crippen LogP contribution in [0.1, 0.15) is 25.7 Å². The van der Waals surface area contributed by atoms with Crippen molar-refractivity contribution in [3.8, 4) is 0 Å². The van der Waals surface area contributed by atoms with E-state index in [4.69, 9.17) is 4.74 Å². The third-order valence-corrected chi connectivity index (χ3v) is 4.23. The number of nitrogens with zero attached hydrogens (tertiary/aromatic N) is 2. The maximum atomic E-state index is 13.7. The SMILES string of the molecule is O=C1O[C@]2(CC[C@H](C(=O)[O-])CC2)CN1c1cccnc1F.[Li+]. The molecule has 0 bridgehead atoms. The van der Waals surface area contributed by atoms with Crippen LogP contribution >= 0.6 is 0 Å². The van der Waals surface area contributed by atoms with Gasteiger partial charge in [0.2, 0.25) is 5.95 Å². The third-order valence-electron chi connectivity index (χ3n) is 4.23. The van der Waals surface area contributed by atoms with Crippen LogP contribution in [0.15, 0.2) is 18.3 Å². The molecular formula is C14H14FLiN2O4. The van der Waals surface area contributed by atoms with Gasteiger partial charge >= 0.3 is 25.0 Å². The van der Waals surface area contributed by atoms with Crippen LogP contribution in [-0.2, 0) is 9.53 Å². The number of amides is 1. The minimum Gasteiger partial charge on any atom is -0.550 e. The van der Waals surface area contributed by atoms with Crippen LogP contribution in [0.5, 0.6) is 0 Å². The van der Waals surface area contributed by atoms with Crippen LogP contribution in [0.25, 0.3) is 0 Å². The molecule has 22 heavy (non-hydrogen) atoms. The van der Waals surface area contributed by atoms with Crippen LogP contribution in [-0.4, -0.2) is 29.2 Å². The van der Waals surface area contributed by atoms with E-state index in [9.17, 15) is 19.1 Å². The average Bonchev–Trinajstić information content (AvgIpc) is 2.76. The molecule has 112 valence electrons. The summed E-state index contributed by atoms with van der Waals surface area (Å²) in [6, 6.07) is 3.01. The van der Waals surface area contributed by atoms with Crippen molar-refractivity contribution in [1.29, 1.82) is 0 Å². The third kappa shape index (κ3) is 2.96. The summed E-state index contributed by atoms with van der Waals surface area (Å²) in [7, 11) is 0. The standard InChI is InChI=1S/C14H15FN2O4.Li/c15-11-10(2-1-7-16-11)17-8-14(21-13(17)20)5-3-9(4-6-14)12(18)19;/h1-2,7,9H,3-6,8H2,(H,18,19);/q;+1/p-1/t9-,14-;. The van der Waals surface area contributed by atoms with Crippen molar-refractivity contribution in [1.82, 2.24) is 4.98 Å². The molecule has 2 fully saturated rings. The van der Waals surface area contributed by atoms with Gasteiger partial charge in [-0.2, -0.15) is 4.39 Å². The van der Waals surface area contributed by atoms with E-state index >= 15 is 0 Å². The smallest absolute Gasteiger partial charge is 0.550 e. The molecule has 6 nitrogen and oxygen atoms in total. The summed E-state index contributed by atoms with van der Waals surface area (Å²) in [6.07, 6.45) is 2.37. The minimum absolute atomic E-state index is 0. The van der Waals surface area contributed by atoms with Gasteiger partial charge in [-0.05, 0) is 43.7 Å². The Labute approximate surface area is 138 Å². The first-order valence-electron chi connectivity index (χ1n) is 6.83. The molecule has 8 heteroatoms. The topological polar surface area (TPSA) is 82.6 Å². The fourth-order valence-corrected chi connectivity index (χ4v) is 3.03. The quantitative estimate of drug-likeness (QED) is 0.460. The zero-order valence-corrected chi connectivity index (χ0v) is 12.3. The molecular weight excluding hydrogens is 286 g/mol. The minimum atomic E-state index is -1.07. The number of aromatic nitrogens is 1. The van der Waals surface area contributed by atoms with Gasteiger partial charge in [0.15, 0.2) is 0 Å². The number of rotatable bonds is 2. The van der Waals surface area contributed by atoms with E-state index in [2.05, 4.69) is 4.98 Å². The van der Waals surface area contributed by atoms with Crippen molar-refractivity contribution < 1.29 is 42.7 Å². The van der Waals surface area contributed by atoms with E-state index in [0.29, 0.717) is 25.7 Å². The van der Waals surface area contributed by atoms with Crippen LogP contribution in [0.2, 0.25) is 0 Å². The summed E-state index contributed by atoms with van der Waals surface area (Å²) in [6.45, 7) is 0.216. The molecule has 0 N–H and O–H groups in total. The molecule has 2 heterocycles. The molecule has 0 aromatic carbocycles. The maximum Gasteiger partial charge on any atom is 1.00 e. The molecule has 1 aliphatic carbocycles. The predicted octanol–water partition coefficient (Wildman–Crippen LogP) is -2.14. The first kappa shape index (κ1) is 16.8. The fraction of sp³-hybridized carbons (Fsp3) is 0.500. The summed E-state index contributed by atoms with van der Waals surface area (Å²) >= 11 is 0. The van der Waals surface area contributed by atoms with Crippen molar-refractivity contribution >= 4 is 17.7 Å². The Kier molecular flexibility index (Phi) is 4.78. The number of anilines is 1. The van der Waals surface area contributed by atoms with Gasteiger partial charge in [0.05, 0.1) is 6.54 Å². The molecule has 1 aliphatic heterocycles. The molecule has 0 atom stereocenters. The maximum absolute atomic E-state index is 13.7. The van der Waals surface area contributed by atoms with Crippen LogP contribution in [0.4, 0.5) is 14.9 Å². The van der Waals surface area contributed by atoms with Crippen LogP contribution < -0.4 is 28.9 Å². The van der Waals surface area contributed by atoms with E-state index < -0.39 is 29.5 Å². The zero-order chi connectivity index (χ0) is 15.0. The number of hydrogen-bond donors (Lipinski definition) is 0. The largest absolute Gasteiger partial charge is 1.00 e. The normalized spacial score (nSPS) is 27.4. The van der Waals surface area contributed by atoms with Gasteiger partial charge in [0, 0.05) is 12.2 Å². The summed E-state index contributed by atoms with van der Waals surface area (Å²) in [5, 5.41) is 10.9. The van der Waals surface area contributed by atoms with Crippen molar-refractivity contribution in [3.63, 3.8) is 0 Å². The molecule has 2 aliphatic rings. The number of ether oxygens (including phenoxy) is 1. The summed E-state index contributed by atoms with van der Waals surface area (Å²) in [4.78, 5) is 27.6. The van der Waals surface area contributed by atoms with Gasteiger partial charge in [0.25, 0.3) is 0 Å². The van der Waals surface area contributed by atoms with E-state index in [1.54, 1.807) is 6.07 Å². The van der Waals surface area contributed by atoms with Gasteiger partial charge in [-0.15, -0.1) is 0 Å². The molecule has 3 rings (SSSR count). The number of carboxylic acids is 1. The van der Waals surface area contributed by atoms with E-state index in [1.807, 2.05) is 0 Å². The Morgan fingerprint density at radius 3 is 2.73 bits per heavy atom. The number of aliphatic carboxylic acids is 1. The number of halogens is 1. The van der Waals surface area contributed by atoms with Crippen molar-refractivity contribution in [2.45, 2.75) is 31.3 Å². The Morgan fingerprint density at radius 1 is 1.45 bits per heavy atom. The summed E-state index contributed by atoms with van der Waals surface area (Å²) in [5.74, 6) is -2.29. The average molecular weight is 300 g/mol. The number of pyridine rings is 1. The molecule has 1 spiro atoms. The Morgan fingerprint density at radius 2 is 2.14 bits per heavy atom. The van der Waals surface area contributed by atoms with Crippen molar-refractivity contribution in [2.24, 2.45) is 5.92 Å². The Balaban J connectivity index is 0.00000176. The Hall–Kier alpha value is -1.58. The molecule has 1 aromatic heterocycles. The number of hydrogen-bond acceptors (Lipinski definition) is 5. The summed E-state index contributed by atoms with van der Waals surface area (Å²) in [5.41, 5.74) is -0.646. The van der Waals surface area contributed by atoms with Gasteiger partial charge in [0.1, 0.15) is 11.3 Å². The van der Waals surface area contributed by atoms with E-state index in [-0.39, 0.29) is 31.1 Å². The van der Waals surface area contributed by atoms with Gasteiger partial charge in [-0.1, -0.05) is 0 Å². The van der Waals surface area contributed by atoms with Crippen LogP contribution in [0, 0.1) is 11.9 Å². The molecule has 1 saturated heterocycles. The second-order valence-electron chi connectivity index (χ2n) is 5.54. The summed E-state index contributed by atoms with van der Waals surface area (Å²) < 4.78 is 19.1. The second kappa shape index (κ2) is 6.27. The molecule has 0 unspecified atom stereocenters.